The third-order valence-corrected chi connectivity index (χ3v) is 8.75. The first kappa shape index (κ1) is 28.6. The van der Waals surface area contributed by atoms with Crippen LogP contribution in [0, 0.1) is 13.8 Å². The van der Waals surface area contributed by atoms with Gasteiger partial charge in [0.1, 0.15) is 5.54 Å². The average Bonchev–Trinajstić information content (AvgIpc) is 3.30. The molecule has 1 amide bonds. The molecule has 200 valence electrons. The van der Waals surface area contributed by atoms with Gasteiger partial charge in [-0.15, -0.1) is 0 Å². The standard InChI is InChI=1S/C32H43NO4/c1-8-32(9-2,25-13-12-24(22(3)20-25)16-19-31(37)17-10-11-18-31)26-14-15-27(23(4)21-26)28(34)33(7)30(5,6)29(35)36/h12-16,19-21,37H,8-11,17-18H2,1-7H3,(H,35,36). The van der Waals surface area contributed by atoms with Crippen LogP contribution < -0.4 is 0 Å². The molecule has 0 radical (unpaired) electrons. The highest BCUT2D eigenvalue weighted by atomic mass is 16.4. The summed E-state index contributed by atoms with van der Waals surface area (Å²) in [6.07, 6.45) is 9.64. The van der Waals surface area contributed by atoms with E-state index in [0.717, 1.165) is 55.2 Å². The predicted octanol–water partition coefficient (Wildman–Crippen LogP) is 6.66. The molecule has 0 aromatic heterocycles. The van der Waals surface area contributed by atoms with E-state index >= 15 is 0 Å². The van der Waals surface area contributed by atoms with Crippen LogP contribution in [0.15, 0.2) is 42.5 Å². The number of nitrogens with zero attached hydrogens (tertiary/aromatic N) is 1. The SMILES string of the molecule is CCC(CC)(c1ccc(C=CC2(O)CCCC2)c(C)c1)c1ccc(C(=O)N(C)C(C)(C)C(=O)O)c(C)c1. The fraction of sp³-hybridized carbons (Fsp3) is 0.500. The van der Waals surface area contributed by atoms with Crippen molar-refractivity contribution in [3.8, 4) is 0 Å². The van der Waals surface area contributed by atoms with E-state index in [4.69, 9.17) is 0 Å². The van der Waals surface area contributed by atoms with Gasteiger partial charge in [-0.25, -0.2) is 4.79 Å². The maximum absolute atomic E-state index is 13.2. The van der Waals surface area contributed by atoms with E-state index in [9.17, 15) is 19.8 Å². The molecule has 0 spiro atoms. The first-order chi connectivity index (χ1) is 17.3. The molecule has 1 saturated carbocycles. The van der Waals surface area contributed by atoms with Gasteiger partial charge in [-0.3, -0.25) is 4.79 Å². The molecular weight excluding hydrogens is 462 g/mol. The van der Waals surface area contributed by atoms with Crippen molar-refractivity contribution in [2.24, 2.45) is 0 Å². The van der Waals surface area contributed by atoms with Crippen LogP contribution in [0.5, 0.6) is 0 Å². The number of likely N-dealkylation sites (N-methyl/N-ethyl adjacent to an activating group) is 1. The molecule has 5 nitrogen and oxygen atoms in total. The van der Waals surface area contributed by atoms with Gasteiger partial charge in [0.2, 0.25) is 0 Å². The molecular formula is C32H43NO4. The fourth-order valence-electron chi connectivity index (χ4n) is 5.57. The number of hydrogen-bond donors (Lipinski definition) is 2. The van der Waals surface area contributed by atoms with Crippen molar-refractivity contribution in [3.63, 3.8) is 0 Å². The number of carboxylic acid groups (broad SMARTS) is 1. The number of aryl methyl sites for hydroxylation is 2. The highest BCUT2D eigenvalue weighted by molar-refractivity contribution is 5.98. The number of carbonyl (C=O) groups excluding carboxylic acids is 1. The molecule has 0 saturated heterocycles. The molecule has 1 fully saturated rings. The molecule has 1 aliphatic rings. The lowest BCUT2D eigenvalue weighted by atomic mass is 9.69. The predicted molar refractivity (Wildman–Crippen MR) is 150 cm³/mol. The summed E-state index contributed by atoms with van der Waals surface area (Å²) in [7, 11) is 1.54. The van der Waals surface area contributed by atoms with E-state index in [1.54, 1.807) is 0 Å². The largest absolute Gasteiger partial charge is 0.480 e. The second-order valence-electron chi connectivity index (χ2n) is 11.3. The Kier molecular flexibility index (Phi) is 8.38. The highest BCUT2D eigenvalue weighted by Crippen LogP contribution is 2.40. The van der Waals surface area contributed by atoms with Crippen LogP contribution in [0.1, 0.15) is 104 Å². The van der Waals surface area contributed by atoms with Crippen LogP contribution in [-0.4, -0.2) is 45.2 Å². The number of benzene rings is 2. The van der Waals surface area contributed by atoms with Crippen molar-refractivity contribution in [2.45, 2.75) is 96.6 Å². The maximum atomic E-state index is 13.2. The summed E-state index contributed by atoms with van der Waals surface area (Å²) in [5.74, 6) is -1.34. The fourth-order valence-corrected chi connectivity index (χ4v) is 5.57. The summed E-state index contributed by atoms with van der Waals surface area (Å²) < 4.78 is 0. The Balaban J connectivity index is 1.96. The Morgan fingerprint density at radius 2 is 1.51 bits per heavy atom. The molecule has 0 heterocycles. The van der Waals surface area contributed by atoms with Crippen LogP contribution >= 0.6 is 0 Å². The van der Waals surface area contributed by atoms with Crippen molar-refractivity contribution in [1.29, 1.82) is 0 Å². The van der Waals surface area contributed by atoms with Gasteiger partial charge in [0.25, 0.3) is 5.91 Å². The number of carboxylic acids is 1. The minimum atomic E-state index is -1.31. The van der Waals surface area contributed by atoms with Gasteiger partial charge in [0.05, 0.1) is 5.60 Å². The topological polar surface area (TPSA) is 77.8 Å². The van der Waals surface area contributed by atoms with Crippen LogP contribution in [0.3, 0.4) is 0 Å². The van der Waals surface area contributed by atoms with Crippen molar-refractivity contribution in [1.82, 2.24) is 4.90 Å². The van der Waals surface area contributed by atoms with Gasteiger partial charge in [-0.2, -0.15) is 0 Å². The minimum Gasteiger partial charge on any atom is -0.480 e. The maximum Gasteiger partial charge on any atom is 0.329 e. The van der Waals surface area contributed by atoms with Gasteiger partial charge in [0, 0.05) is 18.0 Å². The summed E-state index contributed by atoms with van der Waals surface area (Å²) in [6, 6.07) is 12.5. The molecule has 1 aliphatic carbocycles. The van der Waals surface area contributed by atoms with E-state index in [2.05, 4.69) is 51.1 Å². The Morgan fingerprint density at radius 3 is 2.00 bits per heavy atom. The number of hydrogen-bond acceptors (Lipinski definition) is 3. The first-order valence-electron chi connectivity index (χ1n) is 13.5. The van der Waals surface area contributed by atoms with E-state index in [-0.39, 0.29) is 11.3 Å². The summed E-state index contributed by atoms with van der Waals surface area (Å²) in [5.41, 5.74) is 3.82. The molecule has 3 rings (SSSR count). The Bertz CT molecular complexity index is 1180. The van der Waals surface area contributed by atoms with Crippen LogP contribution in [0.25, 0.3) is 6.08 Å². The normalized spacial score (nSPS) is 15.8. The second-order valence-corrected chi connectivity index (χ2v) is 11.3. The van der Waals surface area contributed by atoms with E-state index in [1.165, 1.54) is 36.9 Å². The van der Waals surface area contributed by atoms with E-state index in [1.807, 2.05) is 25.1 Å². The van der Waals surface area contributed by atoms with Crippen molar-refractivity contribution in [3.05, 3.63) is 75.9 Å². The lowest BCUT2D eigenvalue weighted by Gasteiger charge is -2.35. The molecule has 5 heteroatoms. The molecule has 0 unspecified atom stereocenters. The molecule has 37 heavy (non-hydrogen) atoms. The third kappa shape index (κ3) is 5.52. The zero-order valence-corrected chi connectivity index (χ0v) is 23.5. The average molecular weight is 506 g/mol. The first-order valence-corrected chi connectivity index (χ1v) is 13.5. The van der Waals surface area contributed by atoms with Gasteiger partial charge < -0.3 is 15.1 Å². The van der Waals surface area contributed by atoms with Gasteiger partial charge in [0.15, 0.2) is 0 Å². The van der Waals surface area contributed by atoms with E-state index in [0.29, 0.717) is 5.56 Å². The molecule has 0 aliphatic heterocycles. The summed E-state index contributed by atoms with van der Waals surface area (Å²) >= 11 is 0. The van der Waals surface area contributed by atoms with Crippen LogP contribution in [0.2, 0.25) is 0 Å². The third-order valence-electron chi connectivity index (χ3n) is 8.75. The number of carbonyl (C=O) groups is 2. The molecule has 2 N–H and O–H groups in total. The second kappa shape index (κ2) is 10.8. The zero-order valence-electron chi connectivity index (χ0n) is 23.5. The Labute approximate surface area is 222 Å². The van der Waals surface area contributed by atoms with Gasteiger partial charge in [-0.1, -0.05) is 69.2 Å². The minimum absolute atomic E-state index is 0.213. The lowest BCUT2D eigenvalue weighted by molar-refractivity contribution is -0.147. The van der Waals surface area contributed by atoms with Gasteiger partial charge >= 0.3 is 5.97 Å². The quantitative estimate of drug-likeness (QED) is 0.399. The zero-order chi connectivity index (χ0) is 27.6. The monoisotopic (exact) mass is 505 g/mol. The van der Waals surface area contributed by atoms with Crippen molar-refractivity contribution in [2.75, 3.05) is 7.05 Å². The lowest BCUT2D eigenvalue weighted by Crippen LogP contribution is -2.50. The van der Waals surface area contributed by atoms with Gasteiger partial charge in [-0.05, 0) is 87.3 Å². The molecule has 2 aromatic rings. The molecule has 0 atom stereocenters. The number of aliphatic hydroxyl groups is 1. The number of rotatable bonds is 9. The summed E-state index contributed by atoms with van der Waals surface area (Å²) in [5, 5.41) is 20.3. The summed E-state index contributed by atoms with van der Waals surface area (Å²) in [6.45, 7) is 11.5. The number of aliphatic carboxylic acids is 1. The summed E-state index contributed by atoms with van der Waals surface area (Å²) in [4.78, 5) is 26.1. The van der Waals surface area contributed by atoms with Crippen LogP contribution in [-0.2, 0) is 10.2 Å². The van der Waals surface area contributed by atoms with E-state index < -0.39 is 17.1 Å². The highest BCUT2D eigenvalue weighted by Gasteiger charge is 2.37. The van der Waals surface area contributed by atoms with Crippen molar-refractivity contribution >= 4 is 18.0 Å². The Morgan fingerprint density at radius 1 is 0.973 bits per heavy atom. The molecule has 2 aromatic carbocycles. The smallest absolute Gasteiger partial charge is 0.329 e. The molecule has 0 bridgehead atoms. The van der Waals surface area contributed by atoms with Crippen LogP contribution in [0.4, 0.5) is 0 Å². The van der Waals surface area contributed by atoms with Crippen molar-refractivity contribution < 1.29 is 19.8 Å². The Hall–Kier alpha value is -2.92. The number of amides is 1.